The number of thiazole rings is 1. The van der Waals surface area contributed by atoms with Crippen molar-refractivity contribution < 1.29 is 9.47 Å². The molecule has 0 aliphatic carbocycles. The number of ether oxygens (including phenoxy) is 2. The van der Waals surface area contributed by atoms with E-state index >= 15 is 0 Å². The summed E-state index contributed by atoms with van der Waals surface area (Å²) in [5, 5.41) is 7.68. The van der Waals surface area contributed by atoms with Crippen LogP contribution in [0.2, 0.25) is 0 Å². The molecular weight excluding hydrogens is 396 g/mol. The minimum Gasteiger partial charge on any atom is -0.493 e. The highest BCUT2D eigenvalue weighted by Gasteiger charge is 2.08. The van der Waals surface area contributed by atoms with Gasteiger partial charge in [-0.3, -0.25) is 4.99 Å². The van der Waals surface area contributed by atoms with Crippen LogP contribution in [0, 0.1) is 0 Å². The molecule has 0 saturated heterocycles. The van der Waals surface area contributed by atoms with Gasteiger partial charge in [0.25, 0.3) is 0 Å². The summed E-state index contributed by atoms with van der Waals surface area (Å²) in [6, 6.07) is 16.0. The summed E-state index contributed by atoms with van der Waals surface area (Å²) in [7, 11) is 3.41. The van der Waals surface area contributed by atoms with Crippen LogP contribution in [0.5, 0.6) is 11.5 Å². The average molecular weight is 425 g/mol. The predicted molar refractivity (Wildman–Crippen MR) is 122 cm³/mol. The van der Waals surface area contributed by atoms with E-state index in [1.165, 1.54) is 4.88 Å². The topological polar surface area (TPSA) is 67.8 Å². The van der Waals surface area contributed by atoms with Crippen LogP contribution in [0.3, 0.4) is 0 Å². The van der Waals surface area contributed by atoms with E-state index in [0.717, 1.165) is 34.3 Å². The number of hydrogen-bond acceptors (Lipinski definition) is 5. The third kappa shape index (κ3) is 6.22. The van der Waals surface area contributed by atoms with Crippen LogP contribution in [-0.2, 0) is 26.1 Å². The number of rotatable bonds is 9. The molecule has 0 spiro atoms. The molecule has 7 heteroatoms. The summed E-state index contributed by atoms with van der Waals surface area (Å²) < 4.78 is 11.4. The van der Waals surface area contributed by atoms with Crippen molar-refractivity contribution in [2.45, 2.75) is 33.0 Å². The summed E-state index contributed by atoms with van der Waals surface area (Å²) >= 11 is 1.72. The maximum absolute atomic E-state index is 5.93. The third-order valence-electron chi connectivity index (χ3n) is 4.51. The second-order valence-corrected chi connectivity index (χ2v) is 7.81. The van der Waals surface area contributed by atoms with Gasteiger partial charge in [0.05, 0.1) is 13.7 Å². The molecule has 2 aromatic carbocycles. The fraction of sp³-hybridized carbons (Fsp3) is 0.304. The first-order chi connectivity index (χ1) is 14.7. The summed E-state index contributed by atoms with van der Waals surface area (Å²) in [6.07, 6.45) is 2.95. The van der Waals surface area contributed by atoms with Crippen molar-refractivity contribution in [2.75, 3.05) is 14.2 Å². The van der Waals surface area contributed by atoms with Crippen LogP contribution in [0.4, 0.5) is 0 Å². The molecule has 0 aliphatic rings. The molecule has 3 rings (SSSR count). The number of aliphatic imine (C=N–C) groups is 1. The van der Waals surface area contributed by atoms with Crippen LogP contribution in [-0.4, -0.2) is 25.1 Å². The van der Waals surface area contributed by atoms with Crippen molar-refractivity contribution in [1.29, 1.82) is 0 Å². The van der Waals surface area contributed by atoms with Gasteiger partial charge in [0, 0.05) is 24.7 Å². The van der Waals surface area contributed by atoms with E-state index in [4.69, 9.17) is 9.47 Å². The number of hydrogen-bond donors (Lipinski definition) is 2. The first-order valence-corrected chi connectivity index (χ1v) is 10.7. The Kier molecular flexibility index (Phi) is 8.09. The first-order valence-electron chi connectivity index (χ1n) is 9.93. The predicted octanol–water partition coefficient (Wildman–Crippen LogP) is 4.16. The van der Waals surface area contributed by atoms with Gasteiger partial charge < -0.3 is 20.1 Å². The Bertz CT molecular complexity index is 957. The van der Waals surface area contributed by atoms with Crippen molar-refractivity contribution in [3.05, 3.63) is 75.7 Å². The lowest BCUT2D eigenvalue weighted by Gasteiger charge is -2.14. The van der Waals surface area contributed by atoms with Crippen molar-refractivity contribution in [3.8, 4) is 11.5 Å². The lowest BCUT2D eigenvalue weighted by Crippen LogP contribution is -2.36. The quantitative estimate of drug-likeness (QED) is 0.399. The summed E-state index contributed by atoms with van der Waals surface area (Å²) in [5.41, 5.74) is 2.19. The molecule has 0 fully saturated rings. The second-order valence-electron chi connectivity index (χ2n) is 6.61. The molecule has 0 aliphatic heterocycles. The fourth-order valence-electron chi connectivity index (χ4n) is 2.84. The zero-order chi connectivity index (χ0) is 21.2. The summed E-state index contributed by atoms with van der Waals surface area (Å²) in [4.78, 5) is 10.00. The number of aromatic nitrogens is 1. The van der Waals surface area contributed by atoms with E-state index in [9.17, 15) is 0 Å². The van der Waals surface area contributed by atoms with E-state index < -0.39 is 0 Å². The largest absolute Gasteiger partial charge is 0.493 e. The lowest BCUT2D eigenvalue weighted by molar-refractivity contribution is 0.284. The average Bonchev–Trinajstić information content (AvgIpc) is 3.27. The van der Waals surface area contributed by atoms with Crippen LogP contribution < -0.4 is 20.1 Å². The standard InChI is InChI=1S/C23H28N4O2S/c1-4-19-14-25-22(30-19)15-27-23(24-2)26-13-18-10-11-20(21(12-18)28-3)29-16-17-8-6-5-7-9-17/h5-12,14H,4,13,15-16H2,1-3H3,(H2,24,26,27). The van der Waals surface area contributed by atoms with E-state index in [2.05, 4.69) is 27.5 Å². The molecule has 0 radical (unpaired) electrons. The summed E-state index contributed by atoms with van der Waals surface area (Å²) in [5.74, 6) is 2.16. The Morgan fingerprint density at radius 2 is 1.83 bits per heavy atom. The van der Waals surface area contributed by atoms with Gasteiger partial charge in [0.1, 0.15) is 11.6 Å². The van der Waals surface area contributed by atoms with Gasteiger partial charge in [-0.15, -0.1) is 11.3 Å². The third-order valence-corrected chi connectivity index (χ3v) is 5.65. The van der Waals surface area contributed by atoms with E-state index in [-0.39, 0.29) is 0 Å². The Morgan fingerprint density at radius 3 is 2.53 bits per heavy atom. The maximum Gasteiger partial charge on any atom is 0.191 e. The molecular formula is C23H28N4O2S. The second kappa shape index (κ2) is 11.2. The highest BCUT2D eigenvalue weighted by molar-refractivity contribution is 7.11. The molecule has 30 heavy (non-hydrogen) atoms. The Balaban J connectivity index is 1.53. The minimum absolute atomic E-state index is 0.502. The molecule has 158 valence electrons. The zero-order valence-electron chi connectivity index (χ0n) is 17.6. The van der Waals surface area contributed by atoms with Crippen molar-refractivity contribution in [1.82, 2.24) is 15.6 Å². The number of benzene rings is 2. The molecule has 0 bridgehead atoms. The Hall–Kier alpha value is -3.06. The number of aryl methyl sites for hydroxylation is 1. The van der Waals surface area contributed by atoms with E-state index in [1.807, 2.05) is 54.7 Å². The van der Waals surface area contributed by atoms with Crippen LogP contribution in [0.1, 0.15) is 27.9 Å². The fourth-order valence-corrected chi connectivity index (χ4v) is 3.64. The molecule has 0 atom stereocenters. The molecule has 2 N–H and O–H groups in total. The highest BCUT2D eigenvalue weighted by atomic mass is 32.1. The zero-order valence-corrected chi connectivity index (χ0v) is 18.5. The smallest absolute Gasteiger partial charge is 0.191 e. The monoisotopic (exact) mass is 424 g/mol. The molecule has 1 heterocycles. The van der Waals surface area contributed by atoms with E-state index in [1.54, 1.807) is 25.5 Å². The molecule has 0 saturated carbocycles. The van der Waals surface area contributed by atoms with Crippen LogP contribution in [0.25, 0.3) is 0 Å². The first kappa shape index (κ1) is 21.6. The Labute approximate surface area is 182 Å². The van der Waals surface area contributed by atoms with Crippen molar-refractivity contribution in [3.63, 3.8) is 0 Å². The van der Waals surface area contributed by atoms with Gasteiger partial charge in [-0.2, -0.15) is 0 Å². The number of guanidine groups is 1. The SMILES string of the molecule is CCc1cnc(CNC(=NC)NCc2ccc(OCc3ccccc3)c(OC)c2)s1. The molecule has 1 aromatic heterocycles. The van der Waals surface area contributed by atoms with Gasteiger partial charge in [-0.25, -0.2) is 4.98 Å². The van der Waals surface area contributed by atoms with Crippen molar-refractivity contribution in [2.24, 2.45) is 4.99 Å². The van der Waals surface area contributed by atoms with Gasteiger partial charge >= 0.3 is 0 Å². The number of nitrogens with one attached hydrogen (secondary N) is 2. The van der Waals surface area contributed by atoms with Gasteiger partial charge in [-0.1, -0.05) is 43.3 Å². The Morgan fingerprint density at radius 1 is 1.03 bits per heavy atom. The molecule has 0 amide bonds. The summed E-state index contributed by atoms with van der Waals surface area (Å²) in [6.45, 7) is 3.91. The molecule has 0 unspecified atom stereocenters. The van der Waals surface area contributed by atoms with Crippen LogP contribution >= 0.6 is 11.3 Å². The van der Waals surface area contributed by atoms with Crippen molar-refractivity contribution >= 4 is 17.3 Å². The van der Waals surface area contributed by atoms with Gasteiger partial charge in [0.15, 0.2) is 17.5 Å². The minimum atomic E-state index is 0.502. The van der Waals surface area contributed by atoms with Gasteiger partial charge in [0.2, 0.25) is 0 Å². The molecule has 3 aromatic rings. The lowest BCUT2D eigenvalue weighted by atomic mass is 10.2. The number of nitrogens with zero attached hydrogens (tertiary/aromatic N) is 2. The maximum atomic E-state index is 5.93. The van der Waals surface area contributed by atoms with E-state index in [0.29, 0.717) is 25.4 Å². The number of methoxy groups -OCH3 is 1. The van der Waals surface area contributed by atoms with Gasteiger partial charge in [-0.05, 0) is 29.7 Å². The molecule has 6 nitrogen and oxygen atoms in total. The van der Waals surface area contributed by atoms with Crippen LogP contribution in [0.15, 0.2) is 59.7 Å². The highest BCUT2D eigenvalue weighted by Crippen LogP contribution is 2.28. The normalized spacial score (nSPS) is 11.2.